The summed E-state index contributed by atoms with van der Waals surface area (Å²) in [5, 5.41) is 10.8. The lowest BCUT2D eigenvalue weighted by Gasteiger charge is -2.15. The van der Waals surface area contributed by atoms with E-state index >= 15 is 0 Å². The molecule has 0 bridgehead atoms. The molecule has 2 heterocycles. The number of amides is 1. The van der Waals surface area contributed by atoms with E-state index in [4.69, 9.17) is 4.74 Å². The molecular weight excluding hydrogens is 258 g/mol. The van der Waals surface area contributed by atoms with E-state index in [0.29, 0.717) is 6.54 Å². The summed E-state index contributed by atoms with van der Waals surface area (Å²) in [5.41, 5.74) is -0.216. The highest BCUT2D eigenvalue weighted by atomic mass is 32.1. The summed E-state index contributed by atoms with van der Waals surface area (Å²) in [6.07, 6.45) is 0.249. The smallest absolute Gasteiger partial charge is 0.312 e. The number of ether oxygens (including phenoxy) is 1. The molecule has 8 heteroatoms. The van der Waals surface area contributed by atoms with E-state index in [0.717, 1.165) is 0 Å². The van der Waals surface area contributed by atoms with Crippen LogP contribution in [0.3, 0.4) is 0 Å². The van der Waals surface area contributed by atoms with E-state index in [2.05, 4.69) is 17.6 Å². The Balaban J connectivity index is 2.47. The number of carbonyl (C=O) groups is 1. The first-order chi connectivity index (χ1) is 8.52. The van der Waals surface area contributed by atoms with Crippen LogP contribution in [0.25, 0.3) is 0 Å². The minimum atomic E-state index is -0.569. The third-order valence-electron chi connectivity index (χ3n) is 2.60. The average molecular weight is 269 g/mol. The number of rotatable bonds is 3. The molecule has 1 aromatic heterocycles. The van der Waals surface area contributed by atoms with E-state index in [1.165, 1.54) is 24.1 Å². The lowest BCUT2D eigenvalue weighted by Crippen LogP contribution is -2.26. The Bertz CT molecular complexity index is 508. The topological polar surface area (TPSA) is 85.6 Å². The Labute approximate surface area is 108 Å². The molecule has 0 aliphatic carbocycles. The van der Waals surface area contributed by atoms with Gasteiger partial charge in [-0.1, -0.05) is 0 Å². The fourth-order valence-electron chi connectivity index (χ4n) is 1.77. The van der Waals surface area contributed by atoms with Crippen LogP contribution in [-0.4, -0.2) is 34.7 Å². The standard InChI is InChI=1S/C10H11N3O4S/c1-17-8-3-2-7(13(15)16)10(11-8)12-5-6(18)4-9(12)14/h2-3,6,18H,4-5H2,1H3. The monoisotopic (exact) mass is 269 g/mol. The van der Waals surface area contributed by atoms with Gasteiger partial charge in [-0.15, -0.1) is 0 Å². The van der Waals surface area contributed by atoms with Crippen LogP contribution in [0.2, 0.25) is 0 Å². The summed E-state index contributed by atoms with van der Waals surface area (Å²) in [6.45, 7) is 0.308. The normalized spacial score (nSPS) is 19.1. The number of nitro groups is 1. The second kappa shape index (κ2) is 4.81. The van der Waals surface area contributed by atoms with Crippen LogP contribution in [0.5, 0.6) is 5.88 Å². The minimum Gasteiger partial charge on any atom is -0.481 e. The maximum absolute atomic E-state index is 11.7. The molecule has 2 rings (SSSR count). The number of thiol groups is 1. The zero-order chi connectivity index (χ0) is 13.3. The van der Waals surface area contributed by atoms with E-state index in [-0.39, 0.29) is 35.0 Å². The van der Waals surface area contributed by atoms with Crippen molar-refractivity contribution in [2.75, 3.05) is 18.6 Å². The summed E-state index contributed by atoms with van der Waals surface area (Å²) in [5.74, 6) is 0.0192. The Hall–Kier alpha value is -1.83. The first-order valence-corrected chi connectivity index (χ1v) is 5.72. The van der Waals surface area contributed by atoms with E-state index in [1.807, 2.05) is 0 Å². The number of anilines is 1. The maximum Gasteiger partial charge on any atom is 0.312 e. The molecule has 1 saturated heterocycles. The summed E-state index contributed by atoms with van der Waals surface area (Å²) in [6, 6.07) is 2.67. The SMILES string of the molecule is COc1ccc([N+](=O)[O-])c(N2CC(S)CC2=O)n1. The summed E-state index contributed by atoms with van der Waals surface area (Å²) < 4.78 is 4.92. The van der Waals surface area contributed by atoms with Crippen LogP contribution in [0.4, 0.5) is 11.5 Å². The largest absolute Gasteiger partial charge is 0.481 e. The van der Waals surface area contributed by atoms with Gasteiger partial charge in [-0.2, -0.15) is 17.6 Å². The van der Waals surface area contributed by atoms with Crippen molar-refractivity contribution < 1.29 is 14.5 Å². The van der Waals surface area contributed by atoms with Crippen LogP contribution in [0.1, 0.15) is 6.42 Å². The fourth-order valence-corrected chi connectivity index (χ4v) is 2.09. The highest BCUT2D eigenvalue weighted by molar-refractivity contribution is 7.81. The second-order valence-electron chi connectivity index (χ2n) is 3.82. The van der Waals surface area contributed by atoms with Gasteiger partial charge in [0, 0.05) is 30.3 Å². The predicted molar refractivity (Wildman–Crippen MR) is 67.2 cm³/mol. The zero-order valence-electron chi connectivity index (χ0n) is 9.57. The molecule has 1 aliphatic rings. The first kappa shape index (κ1) is 12.6. The number of hydrogen-bond acceptors (Lipinski definition) is 6. The van der Waals surface area contributed by atoms with Crippen molar-refractivity contribution in [3.05, 3.63) is 22.2 Å². The molecule has 0 aromatic carbocycles. The highest BCUT2D eigenvalue weighted by Gasteiger charge is 2.34. The van der Waals surface area contributed by atoms with Gasteiger partial charge in [-0.25, -0.2) is 0 Å². The van der Waals surface area contributed by atoms with Crippen LogP contribution in [0, 0.1) is 10.1 Å². The van der Waals surface area contributed by atoms with Gasteiger partial charge >= 0.3 is 5.69 Å². The maximum atomic E-state index is 11.7. The summed E-state index contributed by atoms with van der Waals surface area (Å²) in [4.78, 5) is 27.4. The number of methoxy groups -OCH3 is 1. The van der Waals surface area contributed by atoms with Crippen LogP contribution in [0.15, 0.2) is 12.1 Å². The molecule has 1 fully saturated rings. The second-order valence-corrected chi connectivity index (χ2v) is 4.55. The molecule has 1 unspecified atom stereocenters. The molecule has 1 aromatic rings. The molecule has 0 radical (unpaired) electrons. The first-order valence-electron chi connectivity index (χ1n) is 5.20. The van der Waals surface area contributed by atoms with Crippen molar-refractivity contribution in [3.63, 3.8) is 0 Å². The third-order valence-corrected chi connectivity index (χ3v) is 2.94. The highest BCUT2D eigenvalue weighted by Crippen LogP contribution is 2.32. The molecule has 0 saturated carbocycles. The van der Waals surface area contributed by atoms with E-state index in [1.54, 1.807) is 0 Å². The van der Waals surface area contributed by atoms with Gasteiger partial charge in [0.1, 0.15) is 0 Å². The lowest BCUT2D eigenvalue weighted by atomic mass is 10.3. The number of aromatic nitrogens is 1. The van der Waals surface area contributed by atoms with Gasteiger partial charge in [0.05, 0.1) is 12.0 Å². The number of pyridine rings is 1. The molecule has 18 heavy (non-hydrogen) atoms. The predicted octanol–water partition coefficient (Wildman–Crippen LogP) is 1.03. The Kier molecular flexibility index (Phi) is 3.37. The molecule has 1 aliphatic heterocycles. The van der Waals surface area contributed by atoms with Gasteiger partial charge in [0.25, 0.3) is 0 Å². The van der Waals surface area contributed by atoms with Gasteiger partial charge in [-0.3, -0.25) is 19.8 Å². The van der Waals surface area contributed by atoms with Crippen LogP contribution in [-0.2, 0) is 4.79 Å². The number of nitrogens with zero attached hydrogens (tertiary/aromatic N) is 3. The van der Waals surface area contributed by atoms with Crippen molar-refractivity contribution in [3.8, 4) is 5.88 Å². The number of carbonyl (C=O) groups excluding carboxylic acids is 1. The van der Waals surface area contributed by atoms with Gasteiger partial charge in [0.2, 0.25) is 17.6 Å². The Morgan fingerprint density at radius 3 is 2.83 bits per heavy atom. The zero-order valence-corrected chi connectivity index (χ0v) is 10.5. The molecule has 1 amide bonds. The molecule has 0 spiro atoms. The van der Waals surface area contributed by atoms with E-state index < -0.39 is 4.92 Å². The van der Waals surface area contributed by atoms with Gasteiger partial charge in [0.15, 0.2) is 0 Å². The Morgan fingerprint density at radius 1 is 1.61 bits per heavy atom. The van der Waals surface area contributed by atoms with Crippen molar-refractivity contribution in [2.45, 2.75) is 11.7 Å². The van der Waals surface area contributed by atoms with Crippen molar-refractivity contribution in [1.82, 2.24) is 4.98 Å². The van der Waals surface area contributed by atoms with E-state index in [9.17, 15) is 14.9 Å². The average Bonchev–Trinajstić information content (AvgIpc) is 2.67. The van der Waals surface area contributed by atoms with Crippen molar-refractivity contribution >= 4 is 30.0 Å². The quantitative estimate of drug-likeness (QED) is 0.503. The molecular formula is C10H11N3O4S. The Morgan fingerprint density at radius 2 is 2.33 bits per heavy atom. The van der Waals surface area contributed by atoms with Crippen LogP contribution >= 0.6 is 12.6 Å². The third kappa shape index (κ3) is 2.23. The molecule has 7 nitrogen and oxygen atoms in total. The summed E-state index contributed by atoms with van der Waals surface area (Å²) in [7, 11) is 1.41. The lowest BCUT2D eigenvalue weighted by molar-refractivity contribution is -0.384. The summed E-state index contributed by atoms with van der Waals surface area (Å²) >= 11 is 4.20. The van der Waals surface area contributed by atoms with Crippen LogP contribution < -0.4 is 9.64 Å². The fraction of sp³-hybridized carbons (Fsp3) is 0.400. The van der Waals surface area contributed by atoms with Gasteiger partial charge in [-0.05, 0) is 0 Å². The molecule has 1 atom stereocenters. The minimum absolute atomic E-state index is 0.0147. The van der Waals surface area contributed by atoms with Crippen molar-refractivity contribution in [1.29, 1.82) is 0 Å². The van der Waals surface area contributed by atoms with Gasteiger partial charge < -0.3 is 4.74 Å². The molecule has 96 valence electrons. The van der Waals surface area contributed by atoms with Crippen molar-refractivity contribution in [2.24, 2.45) is 0 Å². The molecule has 0 N–H and O–H groups in total. The number of hydrogen-bond donors (Lipinski definition) is 1.